The molecule has 1 aromatic carbocycles. The van der Waals surface area contributed by atoms with Gasteiger partial charge in [-0.2, -0.15) is 0 Å². The smallest absolute Gasteiger partial charge is 0.220 e. The predicted octanol–water partition coefficient (Wildman–Crippen LogP) is 3.74. The zero-order chi connectivity index (χ0) is 12.7. The van der Waals surface area contributed by atoms with Gasteiger partial charge in [-0.3, -0.25) is 4.79 Å². The summed E-state index contributed by atoms with van der Waals surface area (Å²) in [6, 6.07) is 8.26. The zero-order valence-electron chi connectivity index (χ0n) is 10.5. The lowest BCUT2D eigenvalue weighted by molar-refractivity contribution is -0.121. The number of aryl methyl sites for hydroxylation is 1. The summed E-state index contributed by atoms with van der Waals surface area (Å²) in [6.07, 6.45) is 2.60. The molecule has 1 N–H and O–H groups in total. The molecule has 0 bridgehead atoms. The molecule has 17 heavy (non-hydrogen) atoms. The number of carbonyl (C=O) groups excluding carboxylic acids is 1. The van der Waals surface area contributed by atoms with Gasteiger partial charge in [-0.25, -0.2) is 0 Å². The molecule has 1 aromatic rings. The Hall–Kier alpha value is -0.830. The lowest BCUT2D eigenvalue weighted by Gasteiger charge is -2.16. The summed E-state index contributed by atoms with van der Waals surface area (Å²) in [4.78, 5) is 11.7. The number of alkyl halides is 1. The maximum Gasteiger partial charge on any atom is 0.220 e. The molecule has 3 heteroatoms. The SMILES string of the molecule is Cc1ccccc1C(C)NC(=O)CCCCBr. The minimum atomic E-state index is 0.0904. The highest BCUT2D eigenvalue weighted by atomic mass is 79.9. The van der Waals surface area contributed by atoms with E-state index in [0.717, 1.165) is 18.2 Å². The number of rotatable bonds is 6. The summed E-state index contributed by atoms with van der Waals surface area (Å²) in [5.74, 6) is 0.140. The molecule has 0 saturated carbocycles. The highest BCUT2D eigenvalue weighted by molar-refractivity contribution is 9.09. The molecule has 0 aromatic heterocycles. The van der Waals surface area contributed by atoms with E-state index in [1.807, 2.05) is 19.1 Å². The molecule has 0 aliphatic heterocycles. The van der Waals surface area contributed by atoms with Crippen LogP contribution in [0.4, 0.5) is 0 Å². The lowest BCUT2D eigenvalue weighted by atomic mass is 10.0. The minimum Gasteiger partial charge on any atom is -0.350 e. The molecule has 0 aliphatic rings. The molecule has 0 saturated heterocycles. The van der Waals surface area contributed by atoms with Crippen LogP contribution in [0.3, 0.4) is 0 Å². The molecular weight excluding hydrogens is 278 g/mol. The summed E-state index contributed by atoms with van der Waals surface area (Å²) in [5, 5.41) is 4.01. The third kappa shape index (κ3) is 4.90. The molecule has 0 spiro atoms. The molecule has 94 valence electrons. The Morgan fingerprint density at radius 1 is 1.35 bits per heavy atom. The van der Waals surface area contributed by atoms with Crippen LogP contribution in [-0.2, 0) is 4.79 Å². The molecule has 2 nitrogen and oxygen atoms in total. The van der Waals surface area contributed by atoms with Gasteiger partial charge >= 0.3 is 0 Å². The molecule has 1 amide bonds. The van der Waals surface area contributed by atoms with Gasteiger partial charge in [0.1, 0.15) is 0 Å². The van der Waals surface area contributed by atoms with Gasteiger partial charge in [0.05, 0.1) is 6.04 Å². The fraction of sp³-hybridized carbons (Fsp3) is 0.500. The second-order valence-corrected chi connectivity index (χ2v) is 5.08. The molecule has 0 fully saturated rings. The monoisotopic (exact) mass is 297 g/mol. The first-order valence-electron chi connectivity index (χ1n) is 6.06. The number of hydrogen-bond donors (Lipinski definition) is 1. The van der Waals surface area contributed by atoms with Crippen molar-refractivity contribution in [1.82, 2.24) is 5.32 Å². The van der Waals surface area contributed by atoms with Crippen LogP contribution < -0.4 is 5.32 Å². The Bertz CT molecular complexity index is 365. The first-order valence-corrected chi connectivity index (χ1v) is 7.18. The maximum atomic E-state index is 11.7. The fourth-order valence-corrected chi connectivity index (χ4v) is 2.24. The Kier molecular flexibility index (Phi) is 6.27. The normalized spacial score (nSPS) is 12.2. The zero-order valence-corrected chi connectivity index (χ0v) is 12.1. The van der Waals surface area contributed by atoms with E-state index in [4.69, 9.17) is 0 Å². The predicted molar refractivity (Wildman–Crippen MR) is 75.4 cm³/mol. The average molecular weight is 298 g/mol. The number of carbonyl (C=O) groups is 1. The van der Waals surface area contributed by atoms with E-state index < -0.39 is 0 Å². The number of hydrogen-bond acceptors (Lipinski definition) is 1. The van der Waals surface area contributed by atoms with Gasteiger partial charge in [0.15, 0.2) is 0 Å². The topological polar surface area (TPSA) is 29.1 Å². The van der Waals surface area contributed by atoms with Crippen molar-refractivity contribution < 1.29 is 4.79 Å². The highest BCUT2D eigenvalue weighted by Crippen LogP contribution is 2.16. The van der Waals surface area contributed by atoms with Crippen LogP contribution in [0.25, 0.3) is 0 Å². The van der Waals surface area contributed by atoms with Gasteiger partial charge < -0.3 is 5.32 Å². The van der Waals surface area contributed by atoms with Gasteiger partial charge in [0, 0.05) is 11.8 Å². The molecule has 0 radical (unpaired) electrons. The first-order chi connectivity index (χ1) is 8.15. The summed E-state index contributed by atoms with van der Waals surface area (Å²) in [6.45, 7) is 4.10. The Morgan fingerprint density at radius 2 is 2.06 bits per heavy atom. The first kappa shape index (κ1) is 14.2. The molecule has 1 rings (SSSR count). The van der Waals surface area contributed by atoms with Gasteiger partial charge in [-0.05, 0) is 37.8 Å². The van der Waals surface area contributed by atoms with Crippen LogP contribution in [0.1, 0.15) is 43.4 Å². The van der Waals surface area contributed by atoms with Crippen LogP contribution in [0.5, 0.6) is 0 Å². The van der Waals surface area contributed by atoms with Crippen molar-refractivity contribution in [2.24, 2.45) is 0 Å². The number of unbranched alkanes of at least 4 members (excludes halogenated alkanes) is 1. The average Bonchev–Trinajstić information content (AvgIpc) is 2.29. The molecule has 1 unspecified atom stereocenters. The van der Waals surface area contributed by atoms with E-state index in [-0.39, 0.29) is 11.9 Å². The summed E-state index contributed by atoms with van der Waals surface area (Å²) < 4.78 is 0. The summed E-state index contributed by atoms with van der Waals surface area (Å²) >= 11 is 3.36. The van der Waals surface area contributed by atoms with Crippen LogP contribution in [-0.4, -0.2) is 11.2 Å². The number of amides is 1. The minimum absolute atomic E-state index is 0.0904. The molecule has 0 aliphatic carbocycles. The van der Waals surface area contributed by atoms with Crippen LogP contribution in [0.2, 0.25) is 0 Å². The number of halogens is 1. The van der Waals surface area contributed by atoms with Crippen LogP contribution >= 0.6 is 15.9 Å². The third-order valence-corrected chi connectivity index (χ3v) is 3.38. The summed E-state index contributed by atoms with van der Waals surface area (Å²) in [5.41, 5.74) is 2.42. The van der Waals surface area contributed by atoms with E-state index >= 15 is 0 Å². The van der Waals surface area contributed by atoms with Gasteiger partial charge in [-0.15, -0.1) is 0 Å². The van der Waals surface area contributed by atoms with Crippen molar-refractivity contribution in [3.8, 4) is 0 Å². The summed E-state index contributed by atoms with van der Waals surface area (Å²) in [7, 11) is 0. The van der Waals surface area contributed by atoms with Gasteiger partial charge in [0.25, 0.3) is 0 Å². The standard InChI is InChI=1S/C14H20BrNO/c1-11-7-3-4-8-13(11)12(2)16-14(17)9-5-6-10-15/h3-4,7-8,12H,5-6,9-10H2,1-2H3,(H,16,17). The highest BCUT2D eigenvalue weighted by Gasteiger charge is 2.10. The number of benzene rings is 1. The Balaban J connectivity index is 2.46. The van der Waals surface area contributed by atoms with E-state index in [1.54, 1.807) is 0 Å². The van der Waals surface area contributed by atoms with Crippen molar-refractivity contribution >= 4 is 21.8 Å². The molecule has 1 atom stereocenters. The van der Waals surface area contributed by atoms with Crippen molar-refractivity contribution in [3.63, 3.8) is 0 Å². The van der Waals surface area contributed by atoms with Crippen molar-refractivity contribution in [2.45, 2.75) is 39.2 Å². The van der Waals surface area contributed by atoms with Crippen LogP contribution in [0, 0.1) is 6.92 Å². The van der Waals surface area contributed by atoms with Crippen LogP contribution in [0.15, 0.2) is 24.3 Å². The lowest BCUT2D eigenvalue weighted by Crippen LogP contribution is -2.26. The van der Waals surface area contributed by atoms with E-state index in [2.05, 4.69) is 40.3 Å². The second-order valence-electron chi connectivity index (χ2n) is 4.29. The van der Waals surface area contributed by atoms with E-state index in [0.29, 0.717) is 6.42 Å². The quantitative estimate of drug-likeness (QED) is 0.629. The fourth-order valence-electron chi connectivity index (χ4n) is 1.84. The maximum absolute atomic E-state index is 11.7. The largest absolute Gasteiger partial charge is 0.350 e. The third-order valence-electron chi connectivity index (χ3n) is 2.82. The Labute approximate surface area is 112 Å². The van der Waals surface area contributed by atoms with Crippen molar-refractivity contribution in [1.29, 1.82) is 0 Å². The van der Waals surface area contributed by atoms with E-state index in [1.165, 1.54) is 11.1 Å². The van der Waals surface area contributed by atoms with E-state index in [9.17, 15) is 4.79 Å². The Morgan fingerprint density at radius 3 is 2.71 bits per heavy atom. The van der Waals surface area contributed by atoms with Gasteiger partial charge in [-0.1, -0.05) is 40.2 Å². The second kappa shape index (κ2) is 7.49. The molecular formula is C14H20BrNO. The van der Waals surface area contributed by atoms with Crippen molar-refractivity contribution in [2.75, 3.05) is 5.33 Å². The number of nitrogens with one attached hydrogen (secondary N) is 1. The van der Waals surface area contributed by atoms with Gasteiger partial charge in [0.2, 0.25) is 5.91 Å². The van der Waals surface area contributed by atoms with Crippen molar-refractivity contribution in [3.05, 3.63) is 35.4 Å². The molecule has 0 heterocycles.